The number of benzene rings is 1. The van der Waals surface area contributed by atoms with Crippen molar-refractivity contribution in [3.05, 3.63) is 54.0 Å². The Hall–Kier alpha value is -3.54. The summed E-state index contributed by atoms with van der Waals surface area (Å²) in [5, 5.41) is 6.27. The second-order valence-corrected chi connectivity index (χ2v) is 9.39. The van der Waals surface area contributed by atoms with Gasteiger partial charge in [0.05, 0.1) is 31.2 Å². The van der Waals surface area contributed by atoms with Crippen LogP contribution in [0.15, 0.2) is 42.7 Å². The number of nitrogens with one attached hydrogen (secondary N) is 3. The molecule has 0 radical (unpaired) electrons. The van der Waals surface area contributed by atoms with E-state index < -0.39 is 35.6 Å². The highest BCUT2D eigenvalue weighted by Gasteiger charge is 2.37. The lowest BCUT2D eigenvalue weighted by Gasteiger charge is -2.18. The van der Waals surface area contributed by atoms with E-state index in [0.717, 1.165) is 33.9 Å². The molecule has 198 valence electrons. The summed E-state index contributed by atoms with van der Waals surface area (Å²) in [5.41, 5.74) is 2.85. The zero-order valence-corrected chi connectivity index (χ0v) is 21.1. The number of hydrogen-bond donors (Lipinski definition) is 3. The molecule has 0 bridgehead atoms. The Labute approximate surface area is 215 Å². The second kappa shape index (κ2) is 12.6. The molecule has 2 aromatic heterocycles. The van der Waals surface area contributed by atoms with Gasteiger partial charge in [-0.05, 0) is 61.4 Å². The molecule has 37 heavy (non-hydrogen) atoms. The predicted octanol–water partition coefficient (Wildman–Crippen LogP) is 4.19. The Morgan fingerprint density at radius 1 is 1.22 bits per heavy atom. The zero-order chi connectivity index (χ0) is 27.0. The Morgan fingerprint density at radius 3 is 2.68 bits per heavy atom. The number of carbonyl (C=O) groups is 3. The highest BCUT2D eigenvalue weighted by Crippen LogP contribution is 2.27. The summed E-state index contributed by atoms with van der Waals surface area (Å²) in [6.45, 7) is 1.85. The Kier molecular flexibility index (Phi) is 9.56. The molecule has 0 aliphatic carbocycles. The van der Waals surface area contributed by atoms with Crippen molar-refractivity contribution >= 4 is 45.9 Å². The molecule has 0 spiro atoms. The number of aromatic nitrogens is 2. The minimum Gasteiger partial charge on any atom is -0.497 e. The highest BCUT2D eigenvalue weighted by atomic mass is 32.2. The van der Waals surface area contributed by atoms with Crippen LogP contribution in [0.4, 0.5) is 18.9 Å². The number of carbonyl (C=O) groups excluding carboxylic acids is 3. The number of nitrogens with zero attached hydrogens (tertiary/aromatic N) is 1. The molecule has 2 heterocycles. The number of methoxy groups -OCH3 is 1. The number of ketones is 1. The van der Waals surface area contributed by atoms with Gasteiger partial charge in [0.2, 0.25) is 17.6 Å². The number of amides is 2. The Bertz CT molecular complexity index is 1250. The van der Waals surface area contributed by atoms with Gasteiger partial charge < -0.3 is 20.4 Å². The van der Waals surface area contributed by atoms with Crippen LogP contribution in [0.5, 0.6) is 5.75 Å². The highest BCUT2D eigenvalue weighted by molar-refractivity contribution is 7.99. The molecule has 0 unspecified atom stereocenters. The molecule has 8 nitrogen and oxygen atoms in total. The van der Waals surface area contributed by atoms with Gasteiger partial charge in [-0.15, -0.1) is 0 Å². The molecular weight excluding hydrogens is 509 g/mol. The van der Waals surface area contributed by atoms with Crippen LogP contribution in [-0.2, 0) is 20.8 Å². The van der Waals surface area contributed by atoms with E-state index in [9.17, 15) is 27.6 Å². The van der Waals surface area contributed by atoms with Crippen molar-refractivity contribution in [2.75, 3.05) is 23.9 Å². The van der Waals surface area contributed by atoms with E-state index in [1.807, 2.05) is 19.1 Å². The van der Waals surface area contributed by atoms with Crippen LogP contribution in [0.2, 0.25) is 0 Å². The quantitative estimate of drug-likeness (QED) is 0.299. The minimum atomic E-state index is -4.86. The molecule has 0 aliphatic rings. The number of aromatic amines is 1. The van der Waals surface area contributed by atoms with E-state index in [0.29, 0.717) is 17.9 Å². The lowest BCUT2D eigenvalue weighted by atomic mass is 10.1. The Morgan fingerprint density at radius 2 is 2.00 bits per heavy atom. The molecule has 0 saturated carbocycles. The second-order valence-electron chi connectivity index (χ2n) is 8.28. The summed E-state index contributed by atoms with van der Waals surface area (Å²) in [6, 6.07) is 7.84. The number of hydrogen-bond acceptors (Lipinski definition) is 6. The fourth-order valence-corrected chi connectivity index (χ4v) is 4.56. The molecule has 1 atom stereocenters. The fraction of sp³-hybridized carbons (Fsp3) is 0.360. The van der Waals surface area contributed by atoms with Gasteiger partial charge >= 0.3 is 6.18 Å². The molecule has 2 amide bonds. The first kappa shape index (κ1) is 28.0. The van der Waals surface area contributed by atoms with Gasteiger partial charge in [0.25, 0.3) is 0 Å². The topological polar surface area (TPSA) is 113 Å². The van der Waals surface area contributed by atoms with Crippen molar-refractivity contribution in [1.82, 2.24) is 15.3 Å². The fourth-order valence-electron chi connectivity index (χ4n) is 3.69. The molecule has 1 aromatic carbocycles. The summed E-state index contributed by atoms with van der Waals surface area (Å²) in [4.78, 5) is 44.1. The number of fused-ring (bicyclic) bond motifs is 1. The van der Waals surface area contributed by atoms with Crippen molar-refractivity contribution in [2.45, 2.75) is 38.4 Å². The maximum Gasteiger partial charge on any atom is 0.450 e. The number of H-pyrrole nitrogens is 1. The van der Waals surface area contributed by atoms with Gasteiger partial charge in [-0.25, -0.2) is 0 Å². The number of ether oxygens (including phenoxy) is 1. The van der Waals surface area contributed by atoms with Crippen LogP contribution in [0, 0.1) is 6.92 Å². The van der Waals surface area contributed by atoms with Crippen LogP contribution in [0.3, 0.4) is 0 Å². The number of Topliss-reactive ketones (excluding diaryl/α,β-unsaturated/α-hetero) is 1. The molecule has 12 heteroatoms. The third kappa shape index (κ3) is 7.97. The smallest absolute Gasteiger partial charge is 0.450 e. The van der Waals surface area contributed by atoms with Gasteiger partial charge in [0.15, 0.2) is 0 Å². The number of rotatable bonds is 12. The third-order valence-corrected chi connectivity index (χ3v) is 6.62. The number of pyridine rings is 1. The maximum absolute atomic E-state index is 13.0. The van der Waals surface area contributed by atoms with Gasteiger partial charge in [-0.2, -0.15) is 24.9 Å². The van der Waals surface area contributed by atoms with E-state index in [1.165, 1.54) is 6.20 Å². The molecule has 3 N–H and O–H groups in total. The molecule has 0 saturated heterocycles. The average Bonchev–Trinajstić information content (AvgIpc) is 3.16. The number of aryl methyl sites for hydroxylation is 1. The molecule has 0 aliphatic heterocycles. The van der Waals surface area contributed by atoms with Crippen LogP contribution in [0.25, 0.3) is 10.9 Å². The van der Waals surface area contributed by atoms with Gasteiger partial charge in [0, 0.05) is 22.8 Å². The number of alkyl halides is 3. The maximum atomic E-state index is 13.0. The molecule has 0 fully saturated rings. The average molecular weight is 537 g/mol. The van der Waals surface area contributed by atoms with Crippen molar-refractivity contribution < 1.29 is 32.3 Å². The van der Waals surface area contributed by atoms with E-state index in [1.54, 1.807) is 31.5 Å². The van der Waals surface area contributed by atoms with E-state index in [4.69, 9.17) is 4.74 Å². The summed E-state index contributed by atoms with van der Waals surface area (Å²) >= 11 is 0.835. The summed E-state index contributed by atoms with van der Waals surface area (Å²) in [7, 11) is 1.55. The Balaban J connectivity index is 1.66. The molecular formula is C25H27F3N4O4S. The van der Waals surface area contributed by atoms with E-state index in [2.05, 4.69) is 20.6 Å². The lowest BCUT2D eigenvalue weighted by molar-refractivity contribution is -0.167. The van der Waals surface area contributed by atoms with Crippen molar-refractivity contribution in [1.29, 1.82) is 0 Å². The van der Waals surface area contributed by atoms with Gasteiger partial charge in [-0.1, -0.05) is 0 Å². The first-order chi connectivity index (χ1) is 17.6. The largest absolute Gasteiger partial charge is 0.497 e. The molecule has 3 rings (SSSR count). The predicted molar refractivity (Wildman–Crippen MR) is 136 cm³/mol. The normalized spacial score (nSPS) is 12.2. The number of anilines is 1. The van der Waals surface area contributed by atoms with Crippen LogP contribution in [-0.4, -0.2) is 58.4 Å². The summed E-state index contributed by atoms with van der Waals surface area (Å²) in [6.07, 6.45) is -1.37. The van der Waals surface area contributed by atoms with E-state index >= 15 is 0 Å². The lowest BCUT2D eigenvalue weighted by Crippen LogP contribution is -2.44. The van der Waals surface area contributed by atoms with Gasteiger partial charge in [0.1, 0.15) is 11.8 Å². The monoisotopic (exact) mass is 536 g/mol. The minimum absolute atomic E-state index is 0.00447. The van der Waals surface area contributed by atoms with E-state index in [-0.39, 0.29) is 18.6 Å². The number of thioether (sulfide) groups is 1. The third-order valence-electron chi connectivity index (χ3n) is 5.58. The number of halogens is 3. The van der Waals surface area contributed by atoms with Crippen LogP contribution < -0.4 is 15.4 Å². The first-order valence-corrected chi connectivity index (χ1v) is 12.6. The van der Waals surface area contributed by atoms with Crippen molar-refractivity contribution in [3.8, 4) is 5.75 Å². The first-order valence-electron chi connectivity index (χ1n) is 11.4. The summed E-state index contributed by atoms with van der Waals surface area (Å²) < 4.78 is 42.5. The summed E-state index contributed by atoms with van der Waals surface area (Å²) in [5.74, 6) is -2.50. The van der Waals surface area contributed by atoms with Crippen molar-refractivity contribution in [2.24, 2.45) is 0 Å². The standard InChI is InChI=1S/C25H27F3N4O4S/c1-15-18(19-11-17(36-2)7-8-20(19)30-15)12-23(34)32-21(24(35)31-16-5-3-9-29-13-16)6-4-10-37-14-22(33)25(26,27)28/h3,5,7-9,11,13,21,30H,4,6,10,12,14H2,1-2H3,(H,31,35)(H,32,34)/t21-/m0/s1. The van der Waals surface area contributed by atoms with Crippen molar-refractivity contribution in [3.63, 3.8) is 0 Å². The SMILES string of the molecule is COc1ccc2[nH]c(C)c(CC(=O)N[C@@H](CCCSCC(=O)C(F)(F)F)C(=O)Nc3cccnc3)c2c1. The van der Waals surface area contributed by atoms with Gasteiger partial charge in [-0.3, -0.25) is 19.4 Å². The zero-order valence-electron chi connectivity index (χ0n) is 20.3. The van der Waals surface area contributed by atoms with Crippen LogP contribution in [0.1, 0.15) is 24.1 Å². The molecule has 3 aromatic rings. The van der Waals surface area contributed by atoms with Crippen LogP contribution >= 0.6 is 11.8 Å².